The molecule has 0 rings (SSSR count). The highest BCUT2D eigenvalue weighted by atomic mass is 31.2. The Morgan fingerprint density at radius 2 is 1.15 bits per heavy atom. The summed E-state index contributed by atoms with van der Waals surface area (Å²) in [7, 11) is 1.66. The first-order valence-electron chi connectivity index (χ1n) is 18.6. The molecular formula is C37H73NO7P+. The van der Waals surface area contributed by atoms with Gasteiger partial charge >= 0.3 is 13.8 Å². The van der Waals surface area contributed by atoms with Crippen molar-refractivity contribution in [3.63, 3.8) is 0 Å². The molecule has 0 saturated carbocycles. The quantitative estimate of drug-likeness (QED) is 0.0239. The van der Waals surface area contributed by atoms with Gasteiger partial charge < -0.3 is 18.9 Å². The number of hydrogen-bond acceptors (Lipinski definition) is 6. The van der Waals surface area contributed by atoms with Gasteiger partial charge in [0, 0.05) is 13.0 Å². The van der Waals surface area contributed by atoms with Crippen LogP contribution in [0.4, 0.5) is 0 Å². The molecule has 46 heavy (non-hydrogen) atoms. The maximum atomic E-state index is 12.6. The summed E-state index contributed by atoms with van der Waals surface area (Å²) in [5.41, 5.74) is 0. The maximum Gasteiger partial charge on any atom is 0.472 e. The number of phosphoric ester groups is 1. The second kappa shape index (κ2) is 31.3. The molecule has 0 aliphatic carbocycles. The van der Waals surface area contributed by atoms with Gasteiger partial charge in [-0.2, -0.15) is 0 Å². The van der Waals surface area contributed by atoms with Crippen molar-refractivity contribution in [1.82, 2.24) is 0 Å². The number of nitrogens with zero attached hydrogens (tertiary/aromatic N) is 1. The zero-order valence-corrected chi connectivity index (χ0v) is 31.5. The van der Waals surface area contributed by atoms with Crippen molar-refractivity contribution in [2.45, 2.75) is 155 Å². The van der Waals surface area contributed by atoms with E-state index in [1.807, 2.05) is 21.1 Å². The lowest BCUT2D eigenvalue weighted by Crippen LogP contribution is -2.37. The van der Waals surface area contributed by atoms with Crippen LogP contribution in [0.2, 0.25) is 0 Å². The van der Waals surface area contributed by atoms with Crippen LogP contribution in [-0.4, -0.2) is 75.6 Å². The minimum absolute atomic E-state index is 0.0864. The van der Waals surface area contributed by atoms with E-state index < -0.39 is 13.9 Å². The van der Waals surface area contributed by atoms with Crippen LogP contribution in [0.25, 0.3) is 0 Å². The first kappa shape index (κ1) is 45.0. The summed E-state index contributed by atoms with van der Waals surface area (Å²) in [6.07, 6.45) is 32.0. The van der Waals surface area contributed by atoms with Crippen LogP contribution in [0.3, 0.4) is 0 Å². The third kappa shape index (κ3) is 34.3. The summed E-state index contributed by atoms with van der Waals surface area (Å²) in [5, 5.41) is 0. The summed E-state index contributed by atoms with van der Waals surface area (Å²) in [4.78, 5) is 22.7. The highest BCUT2D eigenvalue weighted by molar-refractivity contribution is 7.47. The molecule has 0 spiro atoms. The third-order valence-electron chi connectivity index (χ3n) is 7.74. The molecule has 0 aromatic rings. The molecule has 0 aromatic carbocycles. The molecule has 272 valence electrons. The second-order valence-electron chi connectivity index (χ2n) is 13.6. The molecular weight excluding hydrogens is 601 g/mol. The van der Waals surface area contributed by atoms with Gasteiger partial charge in [0.15, 0.2) is 0 Å². The molecule has 0 bridgehead atoms. The number of hydrogen-bond donors (Lipinski definition) is 1. The van der Waals surface area contributed by atoms with Crippen molar-refractivity contribution in [2.24, 2.45) is 0 Å². The highest BCUT2D eigenvalue weighted by Crippen LogP contribution is 2.43. The lowest BCUT2D eigenvalue weighted by molar-refractivity contribution is -0.870. The molecule has 0 aromatic heterocycles. The summed E-state index contributed by atoms with van der Waals surface area (Å²) >= 11 is 0. The van der Waals surface area contributed by atoms with Crippen LogP contribution in [0, 0.1) is 0 Å². The average Bonchev–Trinajstić information content (AvgIpc) is 2.99. The van der Waals surface area contributed by atoms with E-state index in [0.717, 1.165) is 44.9 Å². The molecule has 8 nitrogen and oxygen atoms in total. The highest BCUT2D eigenvalue weighted by Gasteiger charge is 2.26. The molecule has 1 N–H and O–H groups in total. The maximum absolute atomic E-state index is 12.6. The van der Waals surface area contributed by atoms with E-state index in [2.05, 4.69) is 38.2 Å². The number of unbranched alkanes of at least 4 members (excludes halogenated alkanes) is 16. The number of ether oxygens (including phenoxy) is 2. The minimum atomic E-state index is -4.26. The van der Waals surface area contributed by atoms with E-state index in [1.54, 1.807) is 0 Å². The van der Waals surface area contributed by atoms with Crippen molar-refractivity contribution in [3.05, 3.63) is 24.3 Å². The fourth-order valence-electron chi connectivity index (χ4n) is 4.76. The van der Waals surface area contributed by atoms with Crippen molar-refractivity contribution < 1.29 is 37.3 Å². The van der Waals surface area contributed by atoms with E-state index in [1.165, 1.54) is 83.5 Å². The van der Waals surface area contributed by atoms with Crippen molar-refractivity contribution in [1.29, 1.82) is 0 Å². The SMILES string of the molecule is CCCC/C=C\CCCCCCCCOCC(COP(=O)(O)OCC[N+](C)(C)C)OC(=O)CCCCCCC/C=C\CCCCC. The zero-order chi connectivity index (χ0) is 34.2. The van der Waals surface area contributed by atoms with E-state index in [9.17, 15) is 14.3 Å². The number of likely N-dealkylation sites (N-methyl/N-ethyl adjacent to an activating group) is 1. The van der Waals surface area contributed by atoms with Gasteiger partial charge in [0.1, 0.15) is 19.3 Å². The number of rotatable bonds is 34. The van der Waals surface area contributed by atoms with Crippen LogP contribution < -0.4 is 0 Å². The van der Waals surface area contributed by atoms with Gasteiger partial charge in [0.05, 0.1) is 34.4 Å². The summed E-state index contributed by atoms with van der Waals surface area (Å²) < 4.78 is 34.8. The Balaban J connectivity index is 4.34. The number of esters is 1. The lowest BCUT2D eigenvalue weighted by Gasteiger charge is -2.24. The predicted molar refractivity (Wildman–Crippen MR) is 192 cm³/mol. The Kier molecular flexibility index (Phi) is 30.6. The van der Waals surface area contributed by atoms with Gasteiger partial charge in [-0.1, -0.05) is 109 Å². The van der Waals surface area contributed by atoms with Gasteiger partial charge in [-0.25, -0.2) is 4.57 Å². The van der Waals surface area contributed by atoms with Gasteiger partial charge in [-0.15, -0.1) is 0 Å². The van der Waals surface area contributed by atoms with Crippen molar-refractivity contribution in [3.8, 4) is 0 Å². The average molecular weight is 675 g/mol. The summed E-state index contributed by atoms with van der Waals surface area (Å²) in [6, 6.07) is 0. The number of quaternary nitrogens is 1. The smallest absolute Gasteiger partial charge is 0.457 e. The Labute approximate surface area is 283 Å². The molecule has 0 saturated heterocycles. The molecule has 0 amide bonds. The first-order valence-corrected chi connectivity index (χ1v) is 20.1. The Morgan fingerprint density at radius 1 is 0.652 bits per heavy atom. The van der Waals surface area contributed by atoms with Crippen molar-refractivity contribution in [2.75, 3.05) is 54.1 Å². The predicted octanol–water partition coefficient (Wildman–Crippen LogP) is 10.1. The van der Waals surface area contributed by atoms with Crippen LogP contribution in [0.5, 0.6) is 0 Å². The fourth-order valence-corrected chi connectivity index (χ4v) is 5.50. The topological polar surface area (TPSA) is 91.3 Å². The largest absolute Gasteiger partial charge is 0.472 e. The minimum Gasteiger partial charge on any atom is -0.457 e. The Bertz CT molecular complexity index is 797. The normalized spacial score (nSPS) is 14.3. The van der Waals surface area contributed by atoms with Gasteiger partial charge in [0.2, 0.25) is 0 Å². The van der Waals surface area contributed by atoms with E-state index >= 15 is 0 Å². The lowest BCUT2D eigenvalue weighted by atomic mass is 10.1. The zero-order valence-electron chi connectivity index (χ0n) is 30.6. The molecule has 2 unspecified atom stereocenters. The molecule has 9 heteroatoms. The number of carbonyl (C=O) groups is 1. The summed E-state index contributed by atoms with van der Waals surface area (Å²) in [5.74, 6) is -0.328. The summed E-state index contributed by atoms with van der Waals surface area (Å²) in [6.45, 7) is 5.53. The van der Waals surface area contributed by atoms with E-state index in [0.29, 0.717) is 24.1 Å². The second-order valence-corrected chi connectivity index (χ2v) is 15.0. The molecule has 0 heterocycles. The van der Waals surface area contributed by atoms with E-state index in [-0.39, 0.29) is 25.8 Å². The number of phosphoric acid groups is 1. The molecule has 0 aliphatic rings. The molecule has 0 fully saturated rings. The van der Waals surface area contributed by atoms with Gasteiger partial charge in [0.25, 0.3) is 0 Å². The fraction of sp³-hybridized carbons (Fsp3) is 0.865. The third-order valence-corrected chi connectivity index (χ3v) is 8.72. The van der Waals surface area contributed by atoms with Crippen LogP contribution in [0.15, 0.2) is 24.3 Å². The number of allylic oxidation sites excluding steroid dienone is 4. The van der Waals surface area contributed by atoms with Crippen LogP contribution in [-0.2, 0) is 27.9 Å². The van der Waals surface area contributed by atoms with Crippen LogP contribution in [0.1, 0.15) is 149 Å². The van der Waals surface area contributed by atoms with Crippen molar-refractivity contribution >= 4 is 13.8 Å². The molecule has 2 atom stereocenters. The van der Waals surface area contributed by atoms with Crippen LogP contribution >= 0.6 is 7.82 Å². The number of carbonyl (C=O) groups excluding carboxylic acids is 1. The van der Waals surface area contributed by atoms with Gasteiger partial charge in [-0.05, 0) is 57.8 Å². The standard InChI is InChI=1S/C37H72NO7P/c1-6-8-10-12-14-16-18-20-22-24-26-28-30-37(39)45-36(35-44-46(40,41)43-33-31-38(3,4)5)34-42-32-29-27-25-23-21-19-17-15-13-11-9-7-2/h13-16,36H,6-12,17-35H2,1-5H3/p+1/b15-13-,16-14-. The monoisotopic (exact) mass is 675 g/mol. The Morgan fingerprint density at radius 3 is 1.72 bits per heavy atom. The molecule has 0 radical (unpaired) electrons. The first-order chi connectivity index (χ1) is 22.1. The Hall–Kier alpha value is -1.02. The van der Waals surface area contributed by atoms with Gasteiger partial charge in [-0.3, -0.25) is 13.8 Å². The molecule has 0 aliphatic heterocycles. The van der Waals surface area contributed by atoms with E-state index in [4.69, 9.17) is 18.5 Å².